The maximum atomic E-state index is 12.5. The van der Waals surface area contributed by atoms with Crippen LogP contribution >= 0.6 is 24.0 Å². The second-order valence-electron chi connectivity index (χ2n) is 7.70. The van der Waals surface area contributed by atoms with Gasteiger partial charge < -0.3 is 19.9 Å². The van der Waals surface area contributed by atoms with Crippen LogP contribution in [0.25, 0.3) is 5.65 Å². The van der Waals surface area contributed by atoms with E-state index in [1.54, 1.807) is 0 Å². The van der Waals surface area contributed by atoms with Crippen LogP contribution in [0.15, 0.2) is 29.4 Å². The van der Waals surface area contributed by atoms with Crippen LogP contribution in [0.3, 0.4) is 0 Å². The van der Waals surface area contributed by atoms with Crippen molar-refractivity contribution in [2.75, 3.05) is 45.9 Å². The quantitative estimate of drug-likeness (QED) is 0.259. The summed E-state index contributed by atoms with van der Waals surface area (Å²) in [5.41, 5.74) is 0.875. The maximum absolute atomic E-state index is 12.5. The number of ether oxygens (including phenoxy) is 1. The summed E-state index contributed by atoms with van der Waals surface area (Å²) in [5, 5.41) is 11.9. The standard InChI is InChI=1S/C21H31N7O2.HI/c1-2-22-21(23-10-5-9-19-25-24-18-8-3-4-11-28(18)19)27-14-12-26(13-15-27)20(29)17-7-6-16-30-17;/h3-4,8,11,17H,2,5-7,9-10,12-16H2,1H3,(H,22,23);1H. The first-order valence-corrected chi connectivity index (χ1v) is 11.0. The number of nitrogens with one attached hydrogen (secondary N) is 1. The van der Waals surface area contributed by atoms with Gasteiger partial charge in [0.25, 0.3) is 5.91 Å². The number of halogens is 1. The van der Waals surface area contributed by atoms with E-state index in [4.69, 9.17) is 9.73 Å². The van der Waals surface area contributed by atoms with Crippen LogP contribution in [0.1, 0.15) is 32.0 Å². The first-order valence-electron chi connectivity index (χ1n) is 11.0. The van der Waals surface area contributed by atoms with Gasteiger partial charge >= 0.3 is 0 Å². The third kappa shape index (κ3) is 5.85. The van der Waals surface area contributed by atoms with Crippen LogP contribution < -0.4 is 5.32 Å². The molecule has 1 unspecified atom stereocenters. The van der Waals surface area contributed by atoms with E-state index in [9.17, 15) is 4.79 Å². The van der Waals surface area contributed by atoms with E-state index in [-0.39, 0.29) is 36.0 Å². The van der Waals surface area contributed by atoms with Crippen molar-refractivity contribution in [2.45, 2.75) is 38.7 Å². The average Bonchev–Trinajstić information content (AvgIpc) is 3.46. The van der Waals surface area contributed by atoms with Crippen molar-refractivity contribution in [1.82, 2.24) is 29.7 Å². The molecule has 9 nitrogen and oxygen atoms in total. The van der Waals surface area contributed by atoms with Crippen molar-refractivity contribution in [1.29, 1.82) is 0 Å². The lowest BCUT2D eigenvalue weighted by atomic mass is 10.2. The van der Waals surface area contributed by atoms with Crippen LogP contribution in [-0.2, 0) is 16.0 Å². The summed E-state index contributed by atoms with van der Waals surface area (Å²) in [5.74, 6) is 2.04. The Morgan fingerprint density at radius 3 is 2.77 bits per heavy atom. The first kappa shape index (κ1) is 23.7. The van der Waals surface area contributed by atoms with Crippen molar-refractivity contribution >= 4 is 41.5 Å². The van der Waals surface area contributed by atoms with E-state index in [0.717, 1.165) is 82.4 Å². The van der Waals surface area contributed by atoms with Gasteiger partial charge in [-0.15, -0.1) is 34.2 Å². The topological polar surface area (TPSA) is 87.4 Å². The molecule has 0 spiro atoms. The molecule has 0 aromatic carbocycles. The summed E-state index contributed by atoms with van der Waals surface area (Å²) in [4.78, 5) is 21.5. The molecule has 0 aliphatic carbocycles. The zero-order valence-electron chi connectivity index (χ0n) is 18.1. The highest BCUT2D eigenvalue weighted by molar-refractivity contribution is 14.0. The van der Waals surface area contributed by atoms with Gasteiger partial charge in [-0.05, 0) is 38.3 Å². The molecule has 1 atom stereocenters. The first-order chi connectivity index (χ1) is 14.8. The lowest BCUT2D eigenvalue weighted by Crippen LogP contribution is -2.55. The molecule has 0 radical (unpaired) electrons. The van der Waals surface area contributed by atoms with E-state index in [1.165, 1.54) is 0 Å². The van der Waals surface area contributed by atoms with Gasteiger partial charge in [0, 0.05) is 58.5 Å². The number of amides is 1. The Morgan fingerprint density at radius 2 is 2.03 bits per heavy atom. The third-order valence-corrected chi connectivity index (χ3v) is 5.64. The highest BCUT2D eigenvalue weighted by atomic mass is 127. The monoisotopic (exact) mass is 541 g/mol. The van der Waals surface area contributed by atoms with Gasteiger partial charge in [-0.25, -0.2) is 0 Å². The minimum atomic E-state index is -0.230. The highest BCUT2D eigenvalue weighted by Crippen LogP contribution is 2.16. The van der Waals surface area contributed by atoms with Gasteiger partial charge in [-0.1, -0.05) is 6.07 Å². The molecule has 0 saturated carbocycles. The largest absolute Gasteiger partial charge is 0.368 e. The summed E-state index contributed by atoms with van der Waals surface area (Å²) >= 11 is 0. The van der Waals surface area contributed by atoms with E-state index in [0.29, 0.717) is 6.61 Å². The van der Waals surface area contributed by atoms with E-state index in [1.807, 2.05) is 33.7 Å². The third-order valence-electron chi connectivity index (χ3n) is 5.64. The Hall–Kier alpha value is -1.95. The van der Waals surface area contributed by atoms with Gasteiger partial charge in [0.1, 0.15) is 11.9 Å². The fourth-order valence-corrected chi connectivity index (χ4v) is 4.02. The molecule has 4 rings (SSSR count). The molecule has 0 bridgehead atoms. The molecule has 10 heteroatoms. The Balaban J connectivity index is 0.00000272. The zero-order chi connectivity index (χ0) is 20.8. The second-order valence-corrected chi connectivity index (χ2v) is 7.70. The minimum Gasteiger partial charge on any atom is -0.368 e. The second kappa shape index (κ2) is 11.6. The molecule has 2 aromatic heterocycles. The Bertz CT molecular complexity index is 873. The predicted molar refractivity (Wildman–Crippen MR) is 130 cm³/mol. The Morgan fingerprint density at radius 1 is 1.23 bits per heavy atom. The number of hydrogen-bond acceptors (Lipinski definition) is 5. The Labute approximate surface area is 200 Å². The smallest absolute Gasteiger partial charge is 0.251 e. The van der Waals surface area contributed by atoms with Crippen LogP contribution in [-0.4, -0.2) is 88.2 Å². The molecule has 2 aliphatic rings. The molecular weight excluding hydrogens is 509 g/mol. The van der Waals surface area contributed by atoms with Crippen molar-refractivity contribution < 1.29 is 9.53 Å². The van der Waals surface area contributed by atoms with Gasteiger partial charge in [0.15, 0.2) is 11.6 Å². The fourth-order valence-electron chi connectivity index (χ4n) is 4.02. The van der Waals surface area contributed by atoms with Crippen molar-refractivity contribution in [3.05, 3.63) is 30.2 Å². The molecule has 31 heavy (non-hydrogen) atoms. The molecule has 1 N–H and O–H groups in total. The molecule has 4 heterocycles. The van der Waals surface area contributed by atoms with E-state index in [2.05, 4.69) is 27.3 Å². The van der Waals surface area contributed by atoms with Gasteiger partial charge in [0.2, 0.25) is 0 Å². The number of hydrogen-bond donors (Lipinski definition) is 1. The van der Waals surface area contributed by atoms with Gasteiger partial charge in [0.05, 0.1) is 0 Å². The summed E-state index contributed by atoms with van der Waals surface area (Å²) < 4.78 is 7.58. The van der Waals surface area contributed by atoms with Crippen LogP contribution in [0.2, 0.25) is 0 Å². The lowest BCUT2D eigenvalue weighted by molar-refractivity contribution is -0.142. The minimum absolute atomic E-state index is 0. The summed E-state index contributed by atoms with van der Waals surface area (Å²) in [6.45, 7) is 7.34. The molecule has 2 saturated heterocycles. The van der Waals surface area contributed by atoms with E-state index < -0.39 is 0 Å². The van der Waals surface area contributed by atoms with E-state index >= 15 is 0 Å². The zero-order valence-corrected chi connectivity index (χ0v) is 20.4. The lowest BCUT2D eigenvalue weighted by Gasteiger charge is -2.37. The number of piperazine rings is 1. The molecule has 1 amide bonds. The number of guanidine groups is 1. The summed E-state index contributed by atoms with van der Waals surface area (Å²) in [6, 6.07) is 5.92. The number of fused-ring (bicyclic) bond motifs is 1. The molecule has 2 fully saturated rings. The number of aliphatic imine (C=N–C) groups is 1. The van der Waals surface area contributed by atoms with Crippen molar-refractivity contribution in [3.63, 3.8) is 0 Å². The highest BCUT2D eigenvalue weighted by Gasteiger charge is 2.30. The molecular formula is C21H32IN7O2. The molecule has 170 valence electrons. The number of nitrogens with zero attached hydrogens (tertiary/aromatic N) is 6. The van der Waals surface area contributed by atoms with Crippen LogP contribution in [0.4, 0.5) is 0 Å². The number of aryl methyl sites for hydroxylation is 1. The number of pyridine rings is 1. The summed E-state index contributed by atoms with van der Waals surface area (Å²) in [7, 11) is 0. The normalized spacial score (nSPS) is 19.5. The predicted octanol–water partition coefficient (Wildman–Crippen LogP) is 1.57. The maximum Gasteiger partial charge on any atom is 0.251 e. The number of rotatable bonds is 6. The Kier molecular flexibility index (Phi) is 8.88. The summed E-state index contributed by atoms with van der Waals surface area (Å²) in [6.07, 6.45) is 5.34. The van der Waals surface area contributed by atoms with Crippen molar-refractivity contribution in [2.24, 2.45) is 4.99 Å². The van der Waals surface area contributed by atoms with Gasteiger partial charge in [-0.2, -0.15) is 0 Å². The SMILES string of the molecule is CCNC(=NCCCc1nnc2ccccn12)N1CCN(C(=O)C2CCCO2)CC1.I. The number of carbonyl (C=O) groups excluding carboxylic acids is 1. The number of carbonyl (C=O) groups is 1. The fraction of sp³-hybridized carbons (Fsp3) is 0.619. The molecule has 2 aliphatic heterocycles. The van der Waals surface area contributed by atoms with Crippen LogP contribution in [0.5, 0.6) is 0 Å². The van der Waals surface area contributed by atoms with Crippen LogP contribution in [0, 0.1) is 0 Å². The molecule has 2 aromatic rings. The van der Waals surface area contributed by atoms with Gasteiger partial charge in [-0.3, -0.25) is 14.2 Å². The van der Waals surface area contributed by atoms with Crippen molar-refractivity contribution in [3.8, 4) is 0 Å². The number of aromatic nitrogens is 3. The average molecular weight is 541 g/mol.